The number of nitrogens with zero attached hydrogens (tertiary/aromatic N) is 1. The highest BCUT2D eigenvalue weighted by atomic mass is 16.5. The first-order valence-electron chi connectivity index (χ1n) is 11.6. The van der Waals surface area contributed by atoms with E-state index in [0.717, 1.165) is 44.1 Å². The summed E-state index contributed by atoms with van der Waals surface area (Å²) in [6.07, 6.45) is 8.00. The van der Waals surface area contributed by atoms with E-state index in [2.05, 4.69) is 30.3 Å². The minimum Gasteiger partial charge on any atom is -0.453 e. The highest BCUT2D eigenvalue weighted by molar-refractivity contribution is 5.77. The van der Waals surface area contributed by atoms with Gasteiger partial charge in [-0.1, -0.05) is 37.3 Å². The predicted molar refractivity (Wildman–Crippen MR) is 123 cm³/mol. The lowest BCUT2D eigenvalue weighted by Gasteiger charge is -2.41. The van der Waals surface area contributed by atoms with E-state index in [1.165, 1.54) is 18.9 Å². The van der Waals surface area contributed by atoms with Gasteiger partial charge in [0.25, 0.3) is 0 Å². The molecule has 1 saturated carbocycles. The molecule has 1 heterocycles. The van der Waals surface area contributed by atoms with E-state index in [9.17, 15) is 4.79 Å². The molecule has 1 aliphatic heterocycles. The average molecular weight is 428 g/mol. The van der Waals surface area contributed by atoms with Crippen molar-refractivity contribution in [1.29, 1.82) is 5.41 Å². The van der Waals surface area contributed by atoms with Crippen molar-refractivity contribution in [2.75, 3.05) is 20.3 Å². The normalized spacial score (nSPS) is 27.4. The second-order valence-electron chi connectivity index (χ2n) is 8.68. The fourth-order valence-electron chi connectivity index (χ4n) is 5.12. The number of carbonyl (C=O) groups excluding carboxylic acids is 1. The van der Waals surface area contributed by atoms with E-state index in [-0.39, 0.29) is 24.2 Å². The van der Waals surface area contributed by atoms with Gasteiger partial charge in [0.1, 0.15) is 0 Å². The molecule has 2 fully saturated rings. The molecule has 6 heteroatoms. The molecule has 0 bridgehead atoms. The van der Waals surface area contributed by atoms with E-state index in [4.69, 9.17) is 20.6 Å². The summed E-state index contributed by atoms with van der Waals surface area (Å²) in [7, 11) is 1.42. The Morgan fingerprint density at radius 2 is 1.90 bits per heavy atom. The van der Waals surface area contributed by atoms with Crippen LogP contribution in [0.25, 0.3) is 0 Å². The molecule has 1 saturated heterocycles. The summed E-state index contributed by atoms with van der Waals surface area (Å²) in [5, 5.41) is 7.70. The van der Waals surface area contributed by atoms with Gasteiger partial charge in [0.2, 0.25) is 0 Å². The van der Waals surface area contributed by atoms with E-state index < -0.39 is 0 Å². The van der Waals surface area contributed by atoms with Crippen LogP contribution in [0.4, 0.5) is 4.79 Å². The molecule has 1 aromatic rings. The second kappa shape index (κ2) is 11.3. The quantitative estimate of drug-likeness (QED) is 0.609. The molecule has 2 unspecified atom stereocenters. The van der Waals surface area contributed by atoms with Crippen molar-refractivity contribution in [2.24, 2.45) is 11.7 Å². The lowest BCUT2D eigenvalue weighted by molar-refractivity contribution is -0.0292. The van der Waals surface area contributed by atoms with E-state index in [0.29, 0.717) is 31.2 Å². The van der Waals surface area contributed by atoms with Crippen LogP contribution < -0.4 is 5.73 Å². The number of carbonyl (C=O) groups is 1. The first-order valence-corrected chi connectivity index (χ1v) is 11.6. The molecule has 0 aromatic heterocycles. The highest BCUT2D eigenvalue weighted by Crippen LogP contribution is 2.35. The van der Waals surface area contributed by atoms with Crippen LogP contribution in [0, 0.1) is 11.3 Å². The maximum Gasteiger partial charge on any atom is 0.409 e. The van der Waals surface area contributed by atoms with Crippen LogP contribution >= 0.6 is 0 Å². The summed E-state index contributed by atoms with van der Waals surface area (Å²) < 4.78 is 11.4. The molecule has 3 rings (SSSR count). The summed E-state index contributed by atoms with van der Waals surface area (Å²) in [6.45, 7) is 3.11. The van der Waals surface area contributed by atoms with Crippen LogP contribution in [0.2, 0.25) is 0 Å². The van der Waals surface area contributed by atoms with Gasteiger partial charge < -0.3 is 25.5 Å². The second-order valence-corrected chi connectivity index (χ2v) is 8.68. The van der Waals surface area contributed by atoms with Crippen molar-refractivity contribution in [1.82, 2.24) is 4.90 Å². The minimum atomic E-state index is -0.327. The number of piperidine rings is 1. The molecule has 2 atom stereocenters. The van der Waals surface area contributed by atoms with Crippen LogP contribution in [-0.4, -0.2) is 49.6 Å². The number of benzene rings is 1. The number of allylic oxidation sites excluding steroid dienone is 1. The van der Waals surface area contributed by atoms with Gasteiger partial charge in [0.05, 0.1) is 25.9 Å². The first-order chi connectivity index (χ1) is 15.1. The highest BCUT2D eigenvalue weighted by Gasteiger charge is 2.38. The van der Waals surface area contributed by atoms with Gasteiger partial charge in [-0.05, 0) is 62.0 Å². The Balaban J connectivity index is 1.66. The number of ether oxygens (including phenoxy) is 2. The number of nitrogens with one attached hydrogen (secondary N) is 1. The number of likely N-dealkylation sites (tertiary alicyclic amines) is 1. The Bertz CT molecular complexity index is 757. The molecule has 3 N–H and O–H groups in total. The summed E-state index contributed by atoms with van der Waals surface area (Å²) in [5.74, 6) is 0.596. The summed E-state index contributed by atoms with van der Waals surface area (Å²) in [6, 6.07) is 10.6. The third-order valence-corrected chi connectivity index (χ3v) is 6.96. The van der Waals surface area contributed by atoms with Crippen molar-refractivity contribution in [3.8, 4) is 0 Å². The predicted octanol–water partition coefficient (Wildman–Crippen LogP) is 4.85. The molecule has 1 aromatic carbocycles. The van der Waals surface area contributed by atoms with Gasteiger partial charge in [0, 0.05) is 24.4 Å². The molecule has 0 spiro atoms. The number of methoxy groups -OCH3 is 1. The number of nitrogens with two attached hydrogens (primary N) is 1. The number of amides is 1. The van der Waals surface area contributed by atoms with E-state index in [1.807, 2.05) is 6.92 Å². The Hall–Kier alpha value is -2.34. The standard InChI is InChI=1S/C25H37N3O3/c1-3-18(16-26)24(27)22-10-7-15-28(25(29)30-2)23(22)17-31-21-13-11-20(12-14-21)19-8-5-4-6-9-19/h4-6,8-9,16,20-23,26H,3,7,10-15,17,27H2,1-2H3/b24-18-,26-16?. The molecule has 31 heavy (non-hydrogen) atoms. The lowest BCUT2D eigenvalue weighted by Crippen LogP contribution is -2.52. The summed E-state index contributed by atoms with van der Waals surface area (Å²) in [4.78, 5) is 14.2. The summed E-state index contributed by atoms with van der Waals surface area (Å²) >= 11 is 0. The lowest BCUT2D eigenvalue weighted by atomic mass is 9.82. The van der Waals surface area contributed by atoms with Gasteiger partial charge in [0.15, 0.2) is 0 Å². The maximum absolute atomic E-state index is 12.5. The Morgan fingerprint density at radius 1 is 1.19 bits per heavy atom. The molecule has 2 aliphatic rings. The third-order valence-electron chi connectivity index (χ3n) is 6.96. The first kappa shape index (κ1) is 23.3. The van der Waals surface area contributed by atoms with Gasteiger partial charge in [-0.3, -0.25) is 0 Å². The van der Waals surface area contributed by atoms with Crippen molar-refractivity contribution < 1.29 is 14.3 Å². The molecule has 1 amide bonds. The smallest absolute Gasteiger partial charge is 0.409 e. The maximum atomic E-state index is 12.5. The molecule has 0 radical (unpaired) electrons. The van der Waals surface area contributed by atoms with E-state index >= 15 is 0 Å². The van der Waals surface area contributed by atoms with Crippen molar-refractivity contribution in [2.45, 2.75) is 69.9 Å². The fourth-order valence-corrected chi connectivity index (χ4v) is 5.12. The summed E-state index contributed by atoms with van der Waals surface area (Å²) in [5.41, 5.74) is 9.46. The van der Waals surface area contributed by atoms with Gasteiger partial charge in [-0.2, -0.15) is 0 Å². The molecule has 1 aliphatic carbocycles. The molecular formula is C25H37N3O3. The van der Waals surface area contributed by atoms with Crippen molar-refractivity contribution in [3.05, 3.63) is 47.2 Å². The van der Waals surface area contributed by atoms with Gasteiger partial charge in [-0.15, -0.1) is 0 Å². The Morgan fingerprint density at radius 3 is 2.52 bits per heavy atom. The monoisotopic (exact) mass is 427 g/mol. The number of rotatable bonds is 7. The largest absolute Gasteiger partial charge is 0.453 e. The van der Waals surface area contributed by atoms with Gasteiger partial charge in [-0.25, -0.2) is 4.79 Å². The van der Waals surface area contributed by atoms with Crippen LogP contribution in [0.3, 0.4) is 0 Å². The van der Waals surface area contributed by atoms with Crippen LogP contribution in [0.5, 0.6) is 0 Å². The van der Waals surface area contributed by atoms with Gasteiger partial charge >= 0.3 is 6.09 Å². The third kappa shape index (κ3) is 5.67. The SMILES string of the molecule is CC/C(C=N)=C(/N)C1CCCN(C(=O)OC)C1COC1CCC(c2ccccc2)CC1. The number of hydrogen-bond donors (Lipinski definition) is 2. The van der Waals surface area contributed by atoms with E-state index in [1.54, 1.807) is 4.90 Å². The van der Waals surface area contributed by atoms with Crippen LogP contribution in [0.1, 0.15) is 63.4 Å². The Labute approximate surface area is 186 Å². The zero-order valence-corrected chi connectivity index (χ0v) is 18.9. The fraction of sp³-hybridized carbons (Fsp3) is 0.600. The van der Waals surface area contributed by atoms with Crippen LogP contribution in [0.15, 0.2) is 41.6 Å². The van der Waals surface area contributed by atoms with Crippen LogP contribution in [-0.2, 0) is 9.47 Å². The molecule has 170 valence electrons. The molecular weight excluding hydrogens is 390 g/mol. The zero-order chi connectivity index (χ0) is 22.2. The Kier molecular flexibility index (Phi) is 8.52. The van der Waals surface area contributed by atoms with Crippen molar-refractivity contribution in [3.63, 3.8) is 0 Å². The van der Waals surface area contributed by atoms with Crippen molar-refractivity contribution >= 4 is 12.3 Å². The average Bonchev–Trinajstić information content (AvgIpc) is 2.83. The topological polar surface area (TPSA) is 88.6 Å². The zero-order valence-electron chi connectivity index (χ0n) is 18.9. The molecule has 6 nitrogen and oxygen atoms in total. The number of hydrogen-bond acceptors (Lipinski definition) is 5. The minimum absolute atomic E-state index is 0.00921.